The summed E-state index contributed by atoms with van der Waals surface area (Å²) in [5, 5.41) is 23.7. The van der Waals surface area contributed by atoms with E-state index in [1.54, 1.807) is 0 Å². The molecule has 0 spiro atoms. The molecule has 6 N–H and O–H groups in total. The molecule has 1 rings (SSSR count). The maximum absolute atomic E-state index is 12.8. The lowest BCUT2D eigenvalue weighted by atomic mass is 10.0. The average molecular weight is 433 g/mol. The summed E-state index contributed by atoms with van der Waals surface area (Å²) in [6, 6.07) is -4.06. The van der Waals surface area contributed by atoms with Gasteiger partial charge in [-0.25, -0.2) is 4.79 Å². The number of likely N-dealkylation sites (tertiary alicyclic amines) is 1. The first-order chi connectivity index (χ1) is 13.5. The van der Waals surface area contributed by atoms with Crippen LogP contribution in [0, 0.1) is 5.92 Å². The molecule has 0 aromatic heterocycles. The summed E-state index contributed by atoms with van der Waals surface area (Å²) in [6.45, 7) is 5.47. The Kier molecular flexibility index (Phi) is 9.87. The first kappa shape index (κ1) is 25.2. The minimum Gasteiger partial charge on any atom is -0.480 e. The van der Waals surface area contributed by atoms with Gasteiger partial charge in [-0.15, -0.1) is 0 Å². The molecular weight excluding hydrogens is 400 g/mol. The van der Waals surface area contributed by atoms with E-state index in [4.69, 9.17) is 10.8 Å². The van der Waals surface area contributed by atoms with E-state index in [1.807, 2.05) is 13.8 Å². The Morgan fingerprint density at radius 1 is 1.17 bits per heavy atom. The molecule has 1 aliphatic rings. The molecule has 0 saturated carbocycles. The van der Waals surface area contributed by atoms with Crippen LogP contribution in [0.4, 0.5) is 0 Å². The van der Waals surface area contributed by atoms with Crippen LogP contribution in [0.15, 0.2) is 0 Å². The van der Waals surface area contributed by atoms with E-state index in [0.717, 1.165) is 0 Å². The predicted molar refractivity (Wildman–Crippen MR) is 109 cm³/mol. The molecule has 3 amide bonds. The van der Waals surface area contributed by atoms with Crippen molar-refractivity contribution in [1.82, 2.24) is 15.5 Å². The predicted octanol–water partition coefficient (Wildman–Crippen LogP) is -1.28. The Hall–Kier alpha value is -1.85. The van der Waals surface area contributed by atoms with Gasteiger partial charge in [0.05, 0.1) is 6.10 Å². The molecule has 1 aliphatic heterocycles. The lowest BCUT2D eigenvalue weighted by Crippen LogP contribution is -2.58. The summed E-state index contributed by atoms with van der Waals surface area (Å²) in [7, 11) is 0. The standard InChI is InChI=1S/C18H32N4O6S/c1-9(2)7-11(15(24)21-12(8-29)18(27)28)20-16(25)13-5-4-6-22(13)17(26)14(19)10(3)23/h9-14,23,29H,4-8,19H2,1-3H3,(H,20,25)(H,21,24)(H,27,28). The SMILES string of the molecule is CC(C)CC(NC(=O)C1CCCN1C(=O)C(N)C(C)O)C(=O)NC(CS)C(=O)O. The molecule has 5 unspecified atom stereocenters. The number of aliphatic hydroxyl groups excluding tert-OH is 1. The lowest BCUT2D eigenvalue weighted by Gasteiger charge is -2.29. The number of aliphatic hydroxyl groups is 1. The quantitative estimate of drug-likeness (QED) is 0.234. The highest BCUT2D eigenvalue weighted by molar-refractivity contribution is 7.80. The van der Waals surface area contributed by atoms with Crippen molar-refractivity contribution in [2.24, 2.45) is 11.7 Å². The summed E-state index contributed by atoms with van der Waals surface area (Å²) in [5.74, 6) is -2.91. The Bertz CT molecular complexity index is 615. The van der Waals surface area contributed by atoms with E-state index in [1.165, 1.54) is 11.8 Å². The van der Waals surface area contributed by atoms with Gasteiger partial charge in [0.2, 0.25) is 17.7 Å². The Labute approximate surface area is 176 Å². The summed E-state index contributed by atoms with van der Waals surface area (Å²) >= 11 is 3.92. The largest absolute Gasteiger partial charge is 0.480 e. The number of nitrogens with zero attached hydrogens (tertiary/aromatic N) is 1. The molecule has 0 aromatic carbocycles. The average Bonchev–Trinajstić information content (AvgIpc) is 3.13. The zero-order valence-electron chi connectivity index (χ0n) is 17.0. The number of carbonyl (C=O) groups is 4. The van der Waals surface area contributed by atoms with Gasteiger partial charge in [-0.05, 0) is 32.1 Å². The monoisotopic (exact) mass is 432 g/mol. The van der Waals surface area contributed by atoms with E-state index >= 15 is 0 Å². The minimum absolute atomic E-state index is 0.0512. The number of thiol groups is 1. The highest BCUT2D eigenvalue weighted by Gasteiger charge is 2.38. The fourth-order valence-electron chi connectivity index (χ4n) is 3.13. The van der Waals surface area contributed by atoms with Gasteiger partial charge in [0.25, 0.3) is 0 Å². The molecule has 166 valence electrons. The van der Waals surface area contributed by atoms with Gasteiger partial charge in [-0.1, -0.05) is 13.8 Å². The van der Waals surface area contributed by atoms with Crippen LogP contribution in [0.25, 0.3) is 0 Å². The van der Waals surface area contributed by atoms with Crippen molar-refractivity contribution >= 4 is 36.3 Å². The zero-order valence-corrected chi connectivity index (χ0v) is 17.9. The number of carboxylic acids is 1. The molecule has 0 radical (unpaired) electrons. The smallest absolute Gasteiger partial charge is 0.327 e. The molecule has 5 atom stereocenters. The third kappa shape index (κ3) is 7.16. The number of nitrogens with two attached hydrogens (primary N) is 1. The van der Waals surface area contributed by atoms with Crippen LogP contribution in [0.2, 0.25) is 0 Å². The van der Waals surface area contributed by atoms with Gasteiger partial charge >= 0.3 is 5.97 Å². The number of rotatable bonds is 10. The molecule has 1 saturated heterocycles. The van der Waals surface area contributed by atoms with Crippen molar-refractivity contribution in [3.05, 3.63) is 0 Å². The fraction of sp³-hybridized carbons (Fsp3) is 0.778. The van der Waals surface area contributed by atoms with Gasteiger partial charge in [0, 0.05) is 12.3 Å². The molecule has 11 heteroatoms. The van der Waals surface area contributed by atoms with Crippen molar-refractivity contribution in [2.75, 3.05) is 12.3 Å². The summed E-state index contributed by atoms with van der Waals surface area (Å²) in [5.41, 5.74) is 5.72. The highest BCUT2D eigenvalue weighted by atomic mass is 32.1. The van der Waals surface area contributed by atoms with E-state index < -0.39 is 54.0 Å². The molecule has 0 aliphatic carbocycles. The van der Waals surface area contributed by atoms with E-state index in [-0.39, 0.29) is 11.7 Å². The molecular formula is C18H32N4O6S. The van der Waals surface area contributed by atoms with Crippen LogP contribution in [-0.2, 0) is 19.2 Å². The van der Waals surface area contributed by atoms with Gasteiger partial charge in [-0.2, -0.15) is 12.6 Å². The summed E-state index contributed by atoms with van der Waals surface area (Å²) < 4.78 is 0. The third-order valence-electron chi connectivity index (χ3n) is 4.78. The highest BCUT2D eigenvalue weighted by Crippen LogP contribution is 2.19. The van der Waals surface area contributed by atoms with Gasteiger partial charge in [-0.3, -0.25) is 14.4 Å². The molecule has 1 heterocycles. The van der Waals surface area contributed by atoms with Crippen molar-refractivity contribution < 1.29 is 29.4 Å². The van der Waals surface area contributed by atoms with E-state index in [9.17, 15) is 24.3 Å². The van der Waals surface area contributed by atoms with Crippen molar-refractivity contribution in [3.8, 4) is 0 Å². The van der Waals surface area contributed by atoms with E-state index in [0.29, 0.717) is 25.8 Å². The fourth-order valence-corrected chi connectivity index (χ4v) is 3.38. The minimum atomic E-state index is -1.22. The topological polar surface area (TPSA) is 162 Å². The maximum atomic E-state index is 12.8. The van der Waals surface area contributed by atoms with Crippen LogP contribution >= 0.6 is 12.6 Å². The Balaban J connectivity index is 2.89. The zero-order chi connectivity index (χ0) is 22.3. The molecule has 1 fully saturated rings. The second-order valence-electron chi connectivity index (χ2n) is 7.73. The lowest BCUT2D eigenvalue weighted by molar-refractivity contribution is -0.143. The van der Waals surface area contributed by atoms with Gasteiger partial charge in [0.1, 0.15) is 24.2 Å². The Morgan fingerprint density at radius 2 is 1.79 bits per heavy atom. The van der Waals surface area contributed by atoms with Crippen LogP contribution in [0.3, 0.4) is 0 Å². The maximum Gasteiger partial charge on any atom is 0.327 e. The summed E-state index contributed by atoms with van der Waals surface area (Å²) in [4.78, 5) is 50.3. The second kappa shape index (κ2) is 11.4. The normalized spacial score (nSPS) is 20.7. The molecule has 0 aromatic rings. The van der Waals surface area contributed by atoms with E-state index in [2.05, 4.69) is 23.3 Å². The second-order valence-corrected chi connectivity index (χ2v) is 8.09. The molecule has 29 heavy (non-hydrogen) atoms. The van der Waals surface area contributed by atoms with Crippen LogP contribution in [-0.4, -0.2) is 81.4 Å². The number of hydrogen-bond donors (Lipinski definition) is 6. The van der Waals surface area contributed by atoms with Crippen molar-refractivity contribution in [1.29, 1.82) is 0 Å². The summed E-state index contributed by atoms with van der Waals surface area (Å²) in [6.07, 6.45) is 0.247. The number of amides is 3. The van der Waals surface area contributed by atoms with Crippen LogP contribution in [0.1, 0.15) is 40.0 Å². The first-order valence-electron chi connectivity index (χ1n) is 9.68. The number of carboxylic acid groups (broad SMARTS) is 1. The van der Waals surface area contributed by atoms with Crippen molar-refractivity contribution in [2.45, 2.75) is 70.3 Å². The number of hydrogen-bond acceptors (Lipinski definition) is 7. The molecule has 10 nitrogen and oxygen atoms in total. The number of aliphatic carboxylic acids is 1. The van der Waals surface area contributed by atoms with Crippen LogP contribution < -0.4 is 16.4 Å². The third-order valence-corrected chi connectivity index (χ3v) is 5.15. The molecule has 0 bridgehead atoms. The first-order valence-corrected chi connectivity index (χ1v) is 10.3. The Morgan fingerprint density at radius 3 is 2.28 bits per heavy atom. The number of nitrogens with one attached hydrogen (secondary N) is 2. The van der Waals surface area contributed by atoms with Gasteiger partial charge in [0.15, 0.2) is 0 Å². The van der Waals surface area contributed by atoms with Crippen LogP contribution in [0.5, 0.6) is 0 Å². The van der Waals surface area contributed by atoms with Gasteiger partial charge < -0.3 is 31.5 Å². The number of carbonyl (C=O) groups excluding carboxylic acids is 3. The van der Waals surface area contributed by atoms with Crippen molar-refractivity contribution in [3.63, 3.8) is 0 Å².